The maximum atomic E-state index is 11.6. The fraction of sp³-hybridized carbons (Fsp3) is 0.929. The molecule has 17 heavy (non-hydrogen) atoms. The number of nitrogens with two attached hydrogens (primary N) is 1. The largest absolute Gasteiger partial charge is 0.459 e. The van der Waals surface area contributed by atoms with E-state index >= 15 is 0 Å². The van der Waals surface area contributed by atoms with Crippen molar-refractivity contribution in [1.82, 2.24) is 0 Å². The van der Waals surface area contributed by atoms with E-state index in [1.165, 1.54) is 12.8 Å². The first-order chi connectivity index (χ1) is 7.76. The fourth-order valence-electron chi connectivity index (χ4n) is 1.56. The van der Waals surface area contributed by atoms with E-state index in [0.717, 1.165) is 25.2 Å². The molecule has 0 heterocycles. The fourth-order valence-corrected chi connectivity index (χ4v) is 1.56. The molecule has 102 valence electrons. The van der Waals surface area contributed by atoms with Crippen molar-refractivity contribution < 1.29 is 9.53 Å². The first kappa shape index (κ1) is 16.4. The van der Waals surface area contributed by atoms with Gasteiger partial charge in [-0.1, -0.05) is 39.5 Å². The van der Waals surface area contributed by atoms with Crippen molar-refractivity contribution in [3.63, 3.8) is 0 Å². The lowest BCUT2D eigenvalue weighted by molar-refractivity contribution is -0.156. The van der Waals surface area contributed by atoms with Gasteiger partial charge in [0.2, 0.25) is 0 Å². The van der Waals surface area contributed by atoms with Crippen LogP contribution in [0.25, 0.3) is 0 Å². The standard InChI is InChI=1S/C14H29NO2/c1-6-11(2)9-7-8-10-12(15)13(16)17-14(3,4)5/h11-12H,6-10,15H2,1-5H3. The Morgan fingerprint density at radius 1 is 1.24 bits per heavy atom. The molecular weight excluding hydrogens is 214 g/mol. The second kappa shape index (κ2) is 7.70. The molecular formula is C14H29NO2. The van der Waals surface area contributed by atoms with E-state index in [-0.39, 0.29) is 5.97 Å². The van der Waals surface area contributed by atoms with Crippen molar-refractivity contribution in [3.05, 3.63) is 0 Å². The lowest BCUT2D eigenvalue weighted by atomic mass is 9.99. The van der Waals surface area contributed by atoms with Crippen molar-refractivity contribution >= 4 is 5.97 Å². The van der Waals surface area contributed by atoms with Gasteiger partial charge in [-0.25, -0.2) is 0 Å². The van der Waals surface area contributed by atoms with Crippen LogP contribution in [0.3, 0.4) is 0 Å². The van der Waals surface area contributed by atoms with Gasteiger partial charge in [0.25, 0.3) is 0 Å². The molecule has 0 bridgehead atoms. The second-order valence-corrected chi connectivity index (χ2v) is 5.94. The third-order valence-electron chi connectivity index (χ3n) is 2.87. The average Bonchev–Trinajstić information content (AvgIpc) is 2.21. The predicted molar refractivity (Wildman–Crippen MR) is 71.7 cm³/mol. The van der Waals surface area contributed by atoms with Crippen molar-refractivity contribution in [2.24, 2.45) is 11.7 Å². The lowest BCUT2D eigenvalue weighted by Gasteiger charge is -2.22. The highest BCUT2D eigenvalue weighted by Crippen LogP contribution is 2.14. The highest BCUT2D eigenvalue weighted by molar-refractivity contribution is 5.75. The number of rotatable bonds is 7. The smallest absolute Gasteiger partial charge is 0.323 e. The zero-order valence-electron chi connectivity index (χ0n) is 12.1. The number of hydrogen-bond acceptors (Lipinski definition) is 3. The molecule has 2 atom stereocenters. The summed E-state index contributed by atoms with van der Waals surface area (Å²) in [5, 5.41) is 0. The normalized spacial score (nSPS) is 15.4. The predicted octanol–water partition coefficient (Wildman–Crippen LogP) is 3.26. The zero-order valence-corrected chi connectivity index (χ0v) is 12.1. The molecule has 0 fully saturated rings. The molecule has 0 aliphatic heterocycles. The number of esters is 1. The molecule has 0 aromatic rings. The maximum Gasteiger partial charge on any atom is 0.323 e. The van der Waals surface area contributed by atoms with Crippen LogP contribution in [0.1, 0.15) is 66.7 Å². The molecule has 0 aromatic heterocycles. The van der Waals surface area contributed by atoms with Crippen LogP contribution in [0.4, 0.5) is 0 Å². The third-order valence-corrected chi connectivity index (χ3v) is 2.87. The molecule has 3 nitrogen and oxygen atoms in total. The Morgan fingerprint density at radius 3 is 2.24 bits per heavy atom. The molecule has 0 saturated heterocycles. The Morgan fingerprint density at radius 2 is 1.76 bits per heavy atom. The number of carbonyl (C=O) groups is 1. The van der Waals surface area contributed by atoms with Crippen molar-refractivity contribution in [2.75, 3.05) is 0 Å². The lowest BCUT2D eigenvalue weighted by Crippen LogP contribution is -2.37. The van der Waals surface area contributed by atoms with Gasteiger partial charge in [0, 0.05) is 0 Å². The van der Waals surface area contributed by atoms with E-state index < -0.39 is 11.6 Å². The molecule has 0 aliphatic carbocycles. The summed E-state index contributed by atoms with van der Waals surface area (Å²) in [6, 6.07) is -0.467. The van der Waals surface area contributed by atoms with Crippen LogP contribution < -0.4 is 5.73 Å². The van der Waals surface area contributed by atoms with Crippen LogP contribution >= 0.6 is 0 Å². The quantitative estimate of drug-likeness (QED) is 0.551. The van der Waals surface area contributed by atoms with Gasteiger partial charge in [0.1, 0.15) is 11.6 Å². The Labute approximate surface area is 106 Å². The molecule has 2 N–H and O–H groups in total. The summed E-state index contributed by atoms with van der Waals surface area (Å²) < 4.78 is 5.23. The first-order valence-electron chi connectivity index (χ1n) is 6.74. The summed E-state index contributed by atoms with van der Waals surface area (Å²) in [5.74, 6) is 0.494. The van der Waals surface area contributed by atoms with E-state index in [2.05, 4.69) is 13.8 Å². The Balaban J connectivity index is 3.72. The van der Waals surface area contributed by atoms with Crippen LogP contribution in [-0.2, 0) is 9.53 Å². The van der Waals surface area contributed by atoms with E-state index in [0.29, 0.717) is 0 Å². The minimum Gasteiger partial charge on any atom is -0.459 e. The molecule has 0 radical (unpaired) electrons. The topological polar surface area (TPSA) is 52.3 Å². The molecule has 0 amide bonds. The molecule has 0 aromatic carbocycles. The summed E-state index contributed by atoms with van der Waals surface area (Å²) in [4.78, 5) is 11.6. The summed E-state index contributed by atoms with van der Waals surface area (Å²) in [5.41, 5.74) is 5.36. The van der Waals surface area contributed by atoms with Crippen LogP contribution in [0.15, 0.2) is 0 Å². The average molecular weight is 243 g/mol. The minimum atomic E-state index is -0.467. The van der Waals surface area contributed by atoms with Crippen LogP contribution in [0.2, 0.25) is 0 Å². The van der Waals surface area contributed by atoms with Crippen LogP contribution in [0, 0.1) is 5.92 Å². The van der Waals surface area contributed by atoms with E-state index in [1.807, 2.05) is 20.8 Å². The molecule has 0 rings (SSSR count). The van der Waals surface area contributed by atoms with E-state index in [4.69, 9.17) is 10.5 Å². The van der Waals surface area contributed by atoms with Gasteiger partial charge in [0.15, 0.2) is 0 Å². The van der Waals surface area contributed by atoms with Crippen LogP contribution in [-0.4, -0.2) is 17.6 Å². The number of ether oxygens (including phenoxy) is 1. The summed E-state index contributed by atoms with van der Waals surface area (Å²) in [6.45, 7) is 10.0. The minimum absolute atomic E-state index is 0.277. The van der Waals surface area contributed by atoms with E-state index in [1.54, 1.807) is 0 Å². The molecule has 0 aliphatic rings. The molecule has 2 unspecified atom stereocenters. The Hall–Kier alpha value is -0.570. The first-order valence-corrected chi connectivity index (χ1v) is 6.74. The van der Waals surface area contributed by atoms with Gasteiger partial charge in [-0.3, -0.25) is 4.79 Å². The van der Waals surface area contributed by atoms with Gasteiger partial charge < -0.3 is 10.5 Å². The van der Waals surface area contributed by atoms with Crippen molar-refractivity contribution in [2.45, 2.75) is 78.4 Å². The van der Waals surface area contributed by atoms with Gasteiger partial charge in [-0.05, 0) is 33.1 Å². The SMILES string of the molecule is CCC(C)CCCCC(N)C(=O)OC(C)(C)C. The van der Waals surface area contributed by atoms with E-state index in [9.17, 15) is 4.79 Å². The Kier molecular flexibility index (Phi) is 7.44. The van der Waals surface area contributed by atoms with Gasteiger partial charge in [-0.2, -0.15) is 0 Å². The molecule has 3 heteroatoms. The van der Waals surface area contributed by atoms with Crippen molar-refractivity contribution in [3.8, 4) is 0 Å². The highest BCUT2D eigenvalue weighted by atomic mass is 16.6. The second-order valence-electron chi connectivity index (χ2n) is 5.94. The monoisotopic (exact) mass is 243 g/mol. The Bertz CT molecular complexity index is 221. The number of carbonyl (C=O) groups excluding carboxylic acids is 1. The highest BCUT2D eigenvalue weighted by Gasteiger charge is 2.21. The zero-order chi connectivity index (χ0) is 13.5. The third kappa shape index (κ3) is 9.16. The number of unbranched alkanes of at least 4 members (excludes halogenated alkanes) is 1. The van der Waals surface area contributed by atoms with Gasteiger partial charge in [0.05, 0.1) is 0 Å². The summed E-state index contributed by atoms with van der Waals surface area (Å²) in [7, 11) is 0. The van der Waals surface area contributed by atoms with Gasteiger partial charge >= 0.3 is 5.97 Å². The van der Waals surface area contributed by atoms with Crippen molar-refractivity contribution in [1.29, 1.82) is 0 Å². The number of hydrogen-bond donors (Lipinski definition) is 1. The van der Waals surface area contributed by atoms with Crippen LogP contribution in [0.5, 0.6) is 0 Å². The molecule has 0 saturated carbocycles. The molecule has 0 spiro atoms. The maximum absolute atomic E-state index is 11.6. The van der Waals surface area contributed by atoms with Gasteiger partial charge in [-0.15, -0.1) is 0 Å². The summed E-state index contributed by atoms with van der Waals surface area (Å²) in [6.07, 6.45) is 5.32. The summed E-state index contributed by atoms with van der Waals surface area (Å²) >= 11 is 0.